The van der Waals surface area contributed by atoms with Gasteiger partial charge in [-0.05, 0) is 50.6 Å². The molecular formula is C14H20FNOS. The Morgan fingerprint density at radius 2 is 2.39 bits per heavy atom. The van der Waals surface area contributed by atoms with Crippen LogP contribution in [0.25, 0.3) is 0 Å². The van der Waals surface area contributed by atoms with Crippen molar-refractivity contribution in [1.29, 1.82) is 0 Å². The smallest absolute Gasteiger partial charge is 0.123 e. The number of ether oxygens (including phenoxy) is 1. The molecule has 18 heavy (non-hydrogen) atoms. The summed E-state index contributed by atoms with van der Waals surface area (Å²) in [5.41, 5.74) is 1.03. The fraction of sp³-hybridized carbons (Fsp3) is 0.571. The van der Waals surface area contributed by atoms with Crippen LogP contribution < -0.4 is 5.32 Å². The molecule has 1 N–H and O–H groups in total. The predicted molar refractivity (Wildman–Crippen MR) is 73.6 cm³/mol. The van der Waals surface area contributed by atoms with Gasteiger partial charge in [0.15, 0.2) is 0 Å². The molecule has 2 nitrogen and oxygen atoms in total. The zero-order valence-electron chi connectivity index (χ0n) is 10.9. The third-order valence-electron chi connectivity index (χ3n) is 3.32. The lowest BCUT2D eigenvalue weighted by atomic mass is 10.1. The van der Waals surface area contributed by atoms with Crippen molar-refractivity contribution in [2.24, 2.45) is 0 Å². The van der Waals surface area contributed by atoms with Gasteiger partial charge in [0.2, 0.25) is 0 Å². The third-order valence-corrected chi connectivity index (χ3v) is 4.54. The van der Waals surface area contributed by atoms with E-state index in [0.29, 0.717) is 6.10 Å². The van der Waals surface area contributed by atoms with E-state index >= 15 is 0 Å². The molecule has 100 valence electrons. The number of rotatable bonds is 5. The molecule has 0 saturated carbocycles. The van der Waals surface area contributed by atoms with Crippen molar-refractivity contribution in [3.8, 4) is 0 Å². The van der Waals surface area contributed by atoms with Gasteiger partial charge in [-0.3, -0.25) is 0 Å². The van der Waals surface area contributed by atoms with Gasteiger partial charge in [-0.1, -0.05) is 0 Å². The van der Waals surface area contributed by atoms with Crippen molar-refractivity contribution in [1.82, 2.24) is 5.32 Å². The lowest BCUT2D eigenvalue weighted by molar-refractivity contribution is 0.129. The Balaban J connectivity index is 2.05. The Labute approximate surface area is 112 Å². The number of benzene rings is 1. The molecule has 1 aromatic carbocycles. The van der Waals surface area contributed by atoms with Crippen LogP contribution in [0.15, 0.2) is 23.1 Å². The maximum absolute atomic E-state index is 13.3. The van der Waals surface area contributed by atoms with Crippen LogP contribution in [0.2, 0.25) is 0 Å². The largest absolute Gasteiger partial charge is 0.377 e. The van der Waals surface area contributed by atoms with E-state index in [9.17, 15) is 4.39 Å². The molecular weight excluding hydrogens is 249 g/mol. The second kappa shape index (κ2) is 6.55. The lowest BCUT2D eigenvalue weighted by Gasteiger charge is -2.17. The second-order valence-electron chi connectivity index (χ2n) is 4.64. The molecule has 4 heteroatoms. The number of nitrogens with one attached hydrogen (secondary N) is 1. The highest BCUT2D eigenvalue weighted by atomic mass is 32.2. The molecule has 1 saturated heterocycles. The summed E-state index contributed by atoms with van der Waals surface area (Å²) in [6.45, 7) is 2.93. The standard InChI is InChI=1S/C14H20FNOS/c1-10(16-2)13-8-11(15)5-6-14(13)18-9-12-4-3-7-17-12/h5-6,8,10,12,16H,3-4,7,9H2,1-2H3. The van der Waals surface area contributed by atoms with E-state index < -0.39 is 0 Å². The van der Waals surface area contributed by atoms with E-state index in [2.05, 4.69) is 5.32 Å². The average molecular weight is 269 g/mol. The highest BCUT2D eigenvalue weighted by Gasteiger charge is 2.17. The van der Waals surface area contributed by atoms with E-state index in [1.54, 1.807) is 17.8 Å². The third kappa shape index (κ3) is 3.46. The molecule has 2 rings (SSSR count). The fourth-order valence-corrected chi connectivity index (χ4v) is 3.30. The SMILES string of the molecule is CNC(C)c1cc(F)ccc1SCC1CCCO1. The normalized spacial score (nSPS) is 21.2. The molecule has 2 unspecified atom stereocenters. The van der Waals surface area contributed by atoms with Crippen LogP contribution >= 0.6 is 11.8 Å². The maximum Gasteiger partial charge on any atom is 0.123 e. The highest BCUT2D eigenvalue weighted by molar-refractivity contribution is 7.99. The van der Waals surface area contributed by atoms with E-state index in [1.165, 1.54) is 6.07 Å². The van der Waals surface area contributed by atoms with Crippen molar-refractivity contribution >= 4 is 11.8 Å². The molecule has 0 amide bonds. The van der Waals surface area contributed by atoms with E-state index in [-0.39, 0.29) is 11.9 Å². The van der Waals surface area contributed by atoms with Crippen molar-refractivity contribution in [2.75, 3.05) is 19.4 Å². The Kier molecular flexibility index (Phi) is 5.03. The first kappa shape index (κ1) is 13.8. The van der Waals surface area contributed by atoms with Crippen molar-refractivity contribution < 1.29 is 9.13 Å². The zero-order chi connectivity index (χ0) is 13.0. The number of hydrogen-bond acceptors (Lipinski definition) is 3. The summed E-state index contributed by atoms with van der Waals surface area (Å²) in [7, 11) is 1.89. The van der Waals surface area contributed by atoms with Crippen LogP contribution in [0, 0.1) is 5.82 Å². The molecule has 0 spiro atoms. The van der Waals surface area contributed by atoms with Crippen LogP contribution in [0.1, 0.15) is 31.4 Å². The van der Waals surface area contributed by atoms with E-state index in [4.69, 9.17) is 4.74 Å². The summed E-state index contributed by atoms with van der Waals surface area (Å²) in [4.78, 5) is 1.15. The monoisotopic (exact) mass is 269 g/mol. The lowest BCUT2D eigenvalue weighted by Crippen LogP contribution is -2.14. The summed E-state index contributed by atoms with van der Waals surface area (Å²) in [5, 5.41) is 3.17. The Hall–Kier alpha value is -0.580. The Bertz CT molecular complexity index is 393. The van der Waals surface area contributed by atoms with Crippen molar-refractivity contribution in [3.63, 3.8) is 0 Å². The molecule has 1 aliphatic heterocycles. The average Bonchev–Trinajstić information content (AvgIpc) is 2.89. The Morgan fingerprint density at radius 1 is 1.56 bits per heavy atom. The van der Waals surface area contributed by atoms with Gasteiger partial charge < -0.3 is 10.1 Å². The zero-order valence-corrected chi connectivity index (χ0v) is 11.7. The molecule has 1 aliphatic rings. The number of halogens is 1. The van der Waals surface area contributed by atoms with Crippen LogP contribution in [-0.2, 0) is 4.74 Å². The molecule has 1 fully saturated rings. The first-order valence-electron chi connectivity index (χ1n) is 6.42. The molecule has 0 radical (unpaired) electrons. The van der Waals surface area contributed by atoms with Crippen molar-refractivity contribution in [3.05, 3.63) is 29.6 Å². The van der Waals surface area contributed by atoms with Gasteiger partial charge in [-0.2, -0.15) is 0 Å². The Morgan fingerprint density at radius 3 is 3.06 bits per heavy atom. The highest BCUT2D eigenvalue weighted by Crippen LogP contribution is 2.30. The maximum atomic E-state index is 13.3. The second-order valence-corrected chi connectivity index (χ2v) is 5.70. The molecule has 0 aromatic heterocycles. The van der Waals surface area contributed by atoms with Gasteiger partial charge >= 0.3 is 0 Å². The molecule has 0 bridgehead atoms. The minimum atomic E-state index is -0.173. The van der Waals surface area contributed by atoms with Crippen LogP contribution in [-0.4, -0.2) is 25.5 Å². The van der Waals surface area contributed by atoms with Crippen LogP contribution in [0.4, 0.5) is 4.39 Å². The number of thioether (sulfide) groups is 1. The van der Waals surface area contributed by atoms with E-state index in [1.807, 2.05) is 20.0 Å². The minimum Gasteiger partial charge on any atom is -0.377 e. The van der Waals surface area contributed by atoms with Gasteiger partial charge in [0, 0.05) is 23.3 Å². The summed E-state index contributed by atoms with van der Waals surface area (Å²) in [6, 6.07) is 5.19. The first-order valence-corrected chi connectivity index (χ1v) is 7.40. The fourth-order valence-electron chi connectivity index (χ4n) is 2.10. The molecule has 0 aliphatic carbocycles. The summed E-state index contributed by atoms with van der Waals surface area (Å²) >= 11 is 1.77. The molecule has 2 atom stereocenters. The molecule has 1 aromatic rings. The minimum absolute atomic E-state index is 0.160. The first-order chi connectivity index (χ1) is 8.70. The summed E-state index contributed by atoms with van der Waals surface area (Å²) in [6.07, 6.45) is 2.66. The summed E-state index contributed by atoms with van der Waals surface area (Å²) < 4.78 is 18.9. The van der Waals surface area contributed by atoms with Gasteiger partial charge in [0.1, 0.15) is 5.82 Å². The quantitative estimate of drug-likeness (QED) is 0.828. The van der Waals surface area contributed by atoms with Gasteiger partial charge in [0.25, 0.3) is 0 Å². The van der Waals surface area contributed by atoms with Crippen molar-refractivity contribution in [2.45, 2.75) is 36.8 Å². The topological polar surface area (TPSA) is 21.3 Å². The van der Waals surface area contributed by atoms with Gasteiger partial charge in [0.05, 0.1) is 6.10 Å². The number of hydrogen-bond donors (Lipinski definition) is 1. The summed E-state index contributed by atoms with van der Waals surface area (Å²) in [5.74, 6) is 0.781. The van der Waals surface area contributed by atoms with Crippen LogP contribution in [0.5, 0.6) is 0 Å². The molecule has 1 heterocycles. The van der Waals surface area contributed by atoms with Crippen LogP contribution in [0.3, 0.4) is 0 Å². The van der Waals surface area contributed by atoms with Gasteiger partial charge in [-0.15, -0.1) is 11.8 Å². The predicted octanol–water partition coefficient (Wildman–Crippen LogP) is 3.38. The van der Waals surface area contributed by atoms with E-state index in [0.717, 1.165) is 35.7 Å². The van der Waals surface area contributed by atoms with Gasteiger partial charge in [-0.25, -0.2) is 4.39 Å².